The third kappa shape index (κ3) is 4.50. The summed E-state index contributed by atoms with van der Waals surface area (Å²) in [6, 6.07) is 16.5. The Hall–Kier alpha value is -3.02. The number of rotatable bonds is 7. The van der Waals surface area contributed by atoms with Gasteiger partial charge in [-0.1, -0.05) is 30.3 Å². The van der Waals surface area contributed by atoms with Crippen LogP contribution in [0.3, 0.4) is 0 Å². The molecule has 1 heterocycles. The average Bonchev–Trinajstić information content (AvgIpc) is 2.65. The zero-order chi connectivity index (χ0) is 17.5. The minimum absolute atomic E-state index is 0.220. The Labute approximate surface area is 146 Å². The summed E-state index contributed by atoms with van der Waals surface area (Å²) < 4.78 is 12.9. The van der Waals surface area contributed by atoms with Gasteiger partial charge in [-0.2, -0.15) is 10.1 Å². The van der Waals surface area contributed by atoms with Crippen LogP contribution in [0.1, 0.15) is 12.5 Å². The first-order valence-corrected chi connectivity index (χ1v) is 8.27. The molecule has 5 nitrogen and oxygen atoms in total. The first-order chi connectivity index (χ1) is 12.3. The highest BCUT2D eigenvalue weighted by Gasteiger charge is 2.11. The Morgan fingerprint density at radius 3 is 2.52 bits per heavy atom. The van der Waals surface area contributed by atoms with Gasteiger partial charge in [0.05, 0.1) is 6.20 Å². The van der Waals surface area contributed by atoms with Crippen molar-refractivity contribution in [1.82, 2.24) is 15.2 Å². The number of para-hydroxylation sites is 1. The molecule has 0 bridgehead atoms. The summed E-state index contributed by atoms with van der Waals surface area (Å²) in [5.74, 6) is 1.00. The Balaban J connectivity index is 1.65. The SMILES string of the molecule is CCN(c1ccccc1)c1nncc(NCCc2ccc(F)cc2)n1. The Morgan fingerprint density at radius 1 is 1.04 bits per heavy atom. The van der Waals surface area contributed by atoms with Crippen molar-refractivity contribution in [2.75, 3.05) is 23.3 Å². The number of nitrogens with zero attached hydrogens (tertiary/aromatic N) is 4. The molecule has 2 aromatic carbocycles. The van der Waals surface area contributed by atoms with Gasteiger partial charge in [0.15, 0.2) is 5.82 Å². The lowest BCUT2D eigenvalue weighted by Crippen LogP contribution is -2.20. The zero-order valence-corrected chi connectivity index (χ0v) is 14.1. The maximum absolute atomic E-state index is 12.9. The number of aromatic nitrogens is 3. The van der Waals surface area contributed by atoms with Gasteiger partial charge in [0.1, 0.15) is 5.82 Å². The molecule has 0 fully saturated rings. The summed E-state index contributed by atoms with van der Waals surface area (Å²) in [5, 5.41) is 11.4. The van der Waals surface area contributed by atoms with Gasteiger partial charge in [0.25, 0.3) is 5.95 Å². The highest BCUT2D eigenvalue weighted by molar-refractivity contribution is 5.57. The van der Waals surface area contributed by atoms with Crippen LogP contribution in [-0.4, -0.2) is 28.3 Å². The van der Waals surface area contributed by atoms with E-state index in [0.29, 0.717) is 18.3 Å². The molecule has 3 aromatic rings. The molecule has 0 saturated heterocycles. The summed E-state index contributed by atoms with van der Waals surface area (Å²) in [6.07, 6.45) is 2.38. The van der Waals surface area contributed by atoms with Gasteiger partial charge in [0, 0.05) is 18.8 Å². The minimum atomic E-state index is -0.220. The van der Waals surface area contributed by atoms with E-state index in [1.165, 1.54) is 12.1 Å². The summed E-state index contributed by atoms with van der Waals surface area (Å²) in [5.41, 5.74) is 2.09. The predicted octanol–water partition coefficient (Wildman–Crippen LogP) is 3.82. The molecule has 0 aliphatic rings. The summed E-state index contributed by atoms with van der Waals surface area (Å²) in [7, 11) is 0. The van der Waals surface area contributed by atoms with E-state index in [9.17, 15) is 4.39 Å². The second-order valence-electron chi connectivity index (χ2n) is 5.52. The lowest BCUT2D eigenvalue weighted by Gasteiger charge is -2.20. The largest absolute Gasteiger partial charge is 0.368 e. The van der Waals surface area contributed by atoms with Crippen molar-refractivity contribution in [2.24, 2.45) is 0 Å². The van der Waals surface area contributed by atoms with Crippen LogP contribution in [0.15, 0.2) is 60.8 Å². The summed E-state index contributed by atoms with van der Waals surface area (Å²) in [6.45, 7) is 3.47. The first-order valence-electron chi connectivity index (χ1n) is 8.27. The van der Waals surface area contributed by atoms with Crippen LogP contribution in [0.4, 0.5) is 21.8 Å². The van der Waals surface area contributed by atoms with Crippen LogP contribution >= 0.6 is 0 Å². The van der Waals surface area contributed by atoms with Gasteiger partial charge in [-0.25, -0.2) is 4.39 Å². The molecule has 3 rings (SSSR count). The van der Waals surface area contributed by atoms with Crippen molar-refractivity contribution in [3.8, 4) is 0 Å². The third-order valence-electron chi connectivity index (χ3n) is 3.81. The van der Waals surface area contributed by atoms with Crippen molar-refractivity contribution >= 4 is 17.5 Å². The normalized spacial score (nSPS) is 10.5. The molecule has 0 amide bonds. The lowest BCUT2D eigenvalue weighted by molar-refractivity contribution is 0.627. The van der Waals surface area contributed by atoms with E-state index in [2.05, 4.69) is 20.5 Å². The van der Waals surface area contributed by atoms with E-state index in [4.69, 9.17) is 0 Å². The quantitative estimate of drug-likeness (QED) is 0.710. The van der Waals surface area contributed by atoms with Crippen LogP contribution in [-0.2, 0) is 6.42 Å². The molecule has 6 heteroatoms. The molecular weight excluding hydrogens is 317 g/mol. The molecule has 0 aliphatic heterocycles. The van der Waals surface area contributed by atoms with Crippen molar-refractivity contribution in [1.29, 1.82) is 0 Å². The number of nitrogens with one attached hydrogen (secondary N) is 1. The zero-order valence-electron chi connectivity index (χ0n) is 14.1. The molecule has 128 valence electrons. The Morgan fingerprint density at radius 2 is 1.80 bits per heavy atom. The lowest BCUT2D eigenvalue weighted by atomic mass is 10.1. The van der Waals surface area contributed by atoms with E-state index in [1.54, 1.807) is 18.3 Å². The van der Waals surface area contributed by atoms with Gasteiger partial charge in [-0.3, -0.25) is 0 Å². The number of anilines is 3. The number of benzene rings is 2. The predicted molar refractivity (Wildman–Crippen MR) is 97.5 cm³/mol. The Kier molecular flexibility index (Phi) is 5.51. The molecule has 1 N–H and O–H groups in total. The second kappa shape index (κ2) is 8.19. The van der Waals surface area contributed by atoms with Crippen LogP contribution in [0.5, 0.6) is 0 Å². The Bertz CT molecular complexity index is 792. The van der Waals surface area contributed by atoms with Gasteiger partial charge in [-0.15, -0.1) is 5.10 Å². The first kappa shape index (κ1) is 16.8. The van der Waals surface area contributed by atoms with E-state index in [1.807, 2.05) is 42.2 Å². The summed E-state index contributed by atoms with van der Waals surface area (Å²) in [4.78, 5) is 6.54. The van der Waals surface area contributed by atoms with E-state index in [0.717, 1.165) is 24.2 Å². The standard InChI is InChI=1S/C19H20FN5/c1-2-25(17-6-4-3-5-7-17)19-23-18(14-22-24-19)21-13-12-15-8-10-16(20)11-9-15/h3-11,14H,2,12-13H2,1H3,(H,21,23,24). The van der Waals surface area contributed by atoms with E-state index < -0.39 is 0 Å². The van der Waals surface area contributed by atoms with Crippen molar-refractivity contribution in [3.63, 3.8) is 0 Å². The van der Waals surface area contributed by atoms with E-state index >= 15 is 0 Å². The van der Waals surface area contributed by atoms with Crippen molar-refractivity contribution in [2.45, 2.75) is 13.3 Å². The van der Waals surface area contributed by atoms with Crippen LogP contribution < -0.4 is 10.2 Å². The maximum atomic E-state index is 12.9. The van der Waals surface area contributed by atoms with Crippen molar-refractivity contribution in [3.05, 3.63) is 72.2 Å². The molecule has 0 radical (unpaired) electrons. The number of hydrogen-bond donors (Lipinski definition) is 1. The smallest absolute Gasteiger partial charge is 0.251 e. The number of hydrogen-bond acceptors (Lipinski definition) is 5. The monoisotopic (exact) mass is 337 g/mol. The third-order valence-corrected chi connectivity index (χ3v) is 3.81. The fraction of sp³-hybridized carbons (Fsp3) is 0.211. The van der Waals surface area contributed by atoms with Gasteiger partial charge >= 0.3 is 0 Å². The maximum Gasteiger partial charge on any atom is 0.251 e. The summed E-state index contributed by atoms with van der Waals surface area (Å²) >= 11 is 0. The molecule has 0 spiro atoms. The fourth-order valence-corrected chi connectivity index (χ4v) is 2.53. The van der Waals surface area contributed by atoms with Crippen LogP contribution in [0, 0.1) is 5.82 Å². The highest BCUT2D eigenvalue weighted by atomic mass is 19.1. The second-order valence-corrected chi connectivity index (χ2v) is 5.52. The molecule has 0 aliphatic carbocycles. The molecule has 1 aromatic heterocycles. The molecule has 0 unspecified atom stereocenters. The minimum Gasteiger partial charge on any atom is -0.368 e. The van der Waals surface area contributed by atoms with Crippen LogP contribution in [0.25, 0.3) is 0 Å². The van der Waals surface area contributed by atoms with Gasteiger partial charge in [-0.05, 0) is 43.2 Å². The van der Waals surface area contributed by atoms with Gasteiger partial charge in [0.2, 0.25) is 0 Å². The van der Waals surface area contributed by atoms with Crippen LogP contribution in [0.2, 0.25) is 0 Å². The molecule has 0 saturated carbocycles. The van der Waals surface area contributed by atoms with Crippen molar-refractivity contribution < 1.29 is 4.39 Å². The topological polar surface area (TPSA) is 53.9 Å². The molecule has 25 heavy (non-hydrogen) atoms. The fourth-order valence-electron chi connectivity index (χ4n) is 2.53. The van der Waals surface area contributed by atoms with E-state index in [-0.39, 0.29) is 5.82 Å². The molecule has 0 atom stereocenters. The average molecular weight is 337 g/mol. The van der Waals surface area contributed by atoms with Gasteiger partial charge < -0.3 is 10.2 Å². The molecular formula is C19H20FN5. The highest BCUT2D eigenvalue weighted by Crippen LogP contribution is 2.21. The number of halogens is 1.